The number of piperidine rings is 1. The second-order valence-corrected chi connectivity index (χ2v) is 6.04. The van der Waals surface area contributed by atoms with Gasteiger partial charge in [-0.15, -0.1) is 0 Å². The number of hydrogen-bond donors (Lipinski definition) is 0. The smallest absolute Gasteiger partial charge is 0.223 e. The number of methoxy groups -OCH3 is 1. The van der Waals surface area contributed by atoms with Crippen LogP contribution in [0.3, 0.4) is 0 Å². The van der Waals surface area contributed by atoms with Gasteiger partial charge in [0.25, 0.3) is 0 Å². The molecule has 94 valence electrons. The Hall–Kier alpha value is -0.570. The minimum absolute atomic E-state index is 0.0886. The van der Waals surface area contributed by atoms with E-state index in [4.69, 9.17) is 4.74 Å². The topological polar surface area (TPSA) is 29.5 Å². The highest BCUT2D eigenvalue weighted by molar-refractivity contribution is 5.76. The van der Waals surface area contributed by atoms with Gasteiger partial charge < -0.3 is 9.64 Å². The Balaban J connectivity index is 2.44. The number of carbonyl (C=O) groups is 1. The summed E-state index contributed by atoms with van der Waals surface area (Å²) in [5, 5.41) is 0. The summed E-state index contributed by atoms with van der Waals surface area (Å²) in [5.74, 6) is 0.830. The summed E-state index contributed by atoms with van der Waals surface area (Å²) < 4.78 is 5.17. The van der Waals surface area contributed by atoms with Crippen LogP contribution in [0.25, 0.3) is 0 Å². The van der Waals surface area contributed by atoms with Crippen LogP contribution in [-0.4, -0.2) is 37.6 Å². The lowest BCUT2D eigenvalue weighted by molar-refractivity contribution is -0.135. The molecule has 0 bridgehead atoms. The van der Waals surface area contributed by atoms with E-state index in [0.717, 1.165) is 26.1 Å². The number of ether oxygens (including phenoxy) is 1. The van der Waals surface area contributed by atoms with E-state index >= 15 is 0 Å². The Morgan fingerprint density at radius 3 is 2.69 bits per heavy atom. The average Bonchev–Trinajstić information content (AvgIpc) is 2.16. The maximum absolute atomic E-state index is 12.0. The highest BCUT2D eigenvalue weighted by Gasteiger charge is 2.26. The third kappa shape index (κ3) is 4.52. The summed E-state index contributed by atoms with van der Waals surface area (Å²) in [6, 6.07) is 0. The minimum atomic E-state index is 0.0886. The van der Waals surface area contributed by atoms with Crippen LogP contribution in [0.5, 0.6) is 0 Å². The van der Waals surface area contributed by atoms with Gasteiger partial charge in [-0.3, -0.25) is 4.79 Å². The number of carbonyl (C=O) groups excluding carboxylic acids is 1. The van der Waals surface area contributed by atoms with E-state index in [1.54, 1.807) is 7.11 Å². The molecule has 0 aromatic heterocycles. The van der Waals surface area contributed by atoms with Gasteiger partial charge in [-0.05, 0) is 24.2 Å². The first-order valence-electron chi connectivity index (χ1n) is 6.19. The van der Waals surface area contributed by atoms with Crippen molar-refractivity contribution in [1.29, 1.82) is 0 Å². The van der Waals surface area contributed by atoms with Crippen molar-refractivity contribution in [1.82, 2.24) is 4.90 Å². The Morgan fingerprint density at radius 1 is 1.44 bits per heavy atom. The van der Waals surface area contributed by atoms with Crippen molar-refractivity contribution in [3.05, 3.63) is 0 Å². The summed E-state index contributed by atoms with van der Waals surface area (Å²) in [6.45, 7) is 8.92. The van der Waals surface area contributed by atoms with Crippen LogP contribution in [0, 0.1) is 11.3 Å². The van der Waals surface area contributed by atoms with Crippen LogP contribution in [0.15, 0.2) is 0 Å². The molecule has 1 unspecified atom stereocenters. The molecular weight excluding hydrogens is 202 g/mol. The second-order valence-electron chi connectivity index (χ2n) is 6.04. The van der Waals surface area contributed by atoms with E-state index < -0.39 is 0 Å². The van der Waals surface area contributed by atoms with E-state index in [1.165, 1.54) is 6.42 Å². The normalized spacial score (nSPS) is 22.2. The molecule has 1 aliphatic heterocycles. The second kappa shape index (κ2) is 5.67. The number of likely N-dealkylation sites (tertiary alicyclic amines) is 1. The number of rotatable bonds is 3. The Morgan fingerprint density at radius 2 is 2.12 bits per heavy atom. The average molecular weight is 227 g/mol. The molecule has 0 aliphatic carbocycles. The van der Waals surface area contributed by atoms with Crippen molar-refractivity contribution < 1.29 is 9.53 Å². The maximum atomic E-state index is 12.0. The SMILES string of the molecule is COCC1CCCN(C(=O)CC(C)(C)C)C1. The number of nitrogens with zero attached hydrogens (tertiary/aromatic N) is 1. The van der Waals surface area contributed by atoms with Gasteiger partial charge in [0, 0.05) is 26.6 Å². The third-order valence-corrected chi connectivity index (χ3v) is 2.96. The van der Waals surface area contributed by atoms with E-state index in [0.29, 0.717) is 18.2 Å². The molecule has 0 radical (unpaired) electrons. The molecule has 1 heterocycles. The molecule has 16 heavy (non-hydrogen) atoms. The van der Waals surface area contributed by atoms with E-state index in [1.807, 2.05) is 4.90 Å². The number of amides is 1. The molecule has 1 fully saturated rings. The zero-order valence-electron chi connectivity index (χ0n) is 11.1. The molecule has 1 rings (SSSR count). The van der Waals surface area contributed by atoms with Gasteiger partial charge in [0.15, 0.2) is 0 Å². The fourth-order valence-corrected chi connectivity index (χ4v) is 2.23. The lowest BCUT2D eigenvalue weighted by Gasteiger charge is -2.34. The quantitative estimate of drug-likeness (QED) is 0.740. The van der Waals surface area contributed by atoms with Gasteiger partial charge in [-0.1, -0.05) is 20.8 Å². The lowest BCUT2D eigenvalue weighted by Crippen LogP contribution is -2.42. The van der Waals surface area contributed by atoms with Crippen molar-refractivity contribution in [3.8, 4) is 0 Å². The summed E-state index contributed by atoms with van der Waals surface area (Å²) in [6.07, 6.45) is 2.95. The number of hydrogen-bond acceptors (Lipinski definition) is 2. The van der Waals surface area contributed by atoms with Crippen LogP contribution in [0.4, 0.5) is 0 Å². The van der Waals surface area contributed by atoms with Crippen LogP contribution < -0.4 is 0 Å². The van der Waals surface area contributed by atoms with E-state index in [-0.39, 0.29) is 5.41 Å². The van der Waals surface area contributed by atoms with Gasteiger partial charge in [-0.25, -0.2) is 0 Å². The molecule has 3 heteroatoms. The minimum Gasteiger partial charge on any atom is -0.384 e. The first-order valence-corrected chi connectivity index (χ1v) is 6.19. The molecule has 1 saturated heterocycles. The van der Waals surface area contributed by atoms with Crippen LogP contribution >= 0.6 is 0 Å². The first kappa shape index (κ1) is 13.5. The first-order chi connectivity index (χ1) is 7.42. The molecule has 0 aromatic carbocycles. The Bertz CT molecular complexity index is 231. The summed E-state index contributed by atoms with van der Waals surface area (Å²) >= 11 is 0. The molecule has 0 saturated carbocycles. The summed E-state index contributed by atoms with van der Waals surface area (Å²) in [4.78, 5) is 14.1. The van der Waals surface area contributed by atoms with Crippen molar-refractivity contribution in [2.75, 3.05) is 26.8 Å². The molecule has 3 nitrogen and oxygen atoms in total. The highest BCUT2D eigenvalue weighted by atomic mass is 16.5. The highest BCUT2D eigenvalue weighted by Crippen LogP contribution is 2.23. The molecule has 0 N–H and O–H groups in total. The summed E-state index contributed by atoms with van der Waals surface area (Å²) in [5.41, 5.74) is 0.0886. The molecule has 1 atom stereocenters. The molecule has 0 aromatic rings. The molecular formula is C13H25NO2. The Labute approximate surface area is 99.1 Å². The van der Waals surface area contributed by atoms with Crippen molar-refractivity contribution in [2.45, 2.75) is 40.0 Å². The van der Waals surface area contributed by atoms with Gasteiger partial charge in [0.05, 0.1) is 6.61 Å². The van der Waals surface area contributed by atoms with Crippen molar-refractivity contribution >= 4 is 5.91 Å². The van der Waals surface area contributed by atoms with Gasteiger partial charge in [0.2, 0.25) is 5.91 Å². The zero-order chi connectivity index (χ0) is 12.2. The maximum Gasteiger partial charge on any atom is 0.223 e. The summed E-state index contributed by atoms with van der Waals surface area (Å²) in [7, 11) is 1.73. The molecule has 1 amide bonds. The lowest BCUT2D eigenvalue weighted by atomic mass is 9.90. The zero-order valence-corrected chi connectivity index (χ0v) is 11.1. The molecule has 1 aliphatic rings. The van der Waals surface area contributed by atoms with Crippen LogP contribution in [-0.2, 0) is 9.53 Å². The van der Waals surface area contributed by atoms with E-state index in [9.17, 15) is 4.79 Å². The standard InChI is InChI=1S/C13H25NO2/c1-13(2,3)8-12(15)14-7-5-6-11(9-14)10-16-4/h11H,5-10H2,1-4H3. The molecule has 0 spiro atoms. The van der Waals surface area contributed by atoms with Crippen LogP contribution in [0.1, 0.15) is 40.0 Å². The van der Waals surface area contributed by atoms with Crippen molar-refractivity contribution in [2.24, 2.45) is 11.3 Å². The predicted octanol–water partition coefficient (Wildman–Crippen LogP) is 2.31. The van der Waals surface area contributed by atoms with Gasteiger partial charge in [0.1, 0.15) is 0 Å². The largest absolute Gasteiger partial charge is 0.384 e. The van der Waals surface area contributed by atoms with Gasteiger partial charge in [-0.2, -0.15) is 0 Å². The predicted molar refractivity (Wildman–Crippen MR) is 65.3 cm³/mol. The van der Waals surface area contributed by atoms with Crippen molar-refractivity contribution in [3.63, 3.8) is 0 Å². The fraction of sp³-hybridized carbons (Fsp3) is 0.923. The van der Waals surface area contributed by atoms with Gasteiger partial charge >= 0.3 is 0 Å². The Kier molecular flexibility index (Phi) is 4.78. The van der Waals surface area contributed by atoms with Crippen LogP contribution in [0.2, 0.25) is 0 Å². The fourth-order valence-electron chi connectivity index (χ4n) is 2.23. The monoisotopic (exact) mass is 227 g/mol. The van der Waals surface area contributed by atoms with E-state index in [2.05, 4.69) is 20.8 Å². The third-order valence-electron chi connectivity index (χ3n) is 2.96.